The molecule has 4 N–H and O–H groups in total. The third kappa shape index (κ3) is 5.11. The lowest BCUT2D eigenvalue weighted by Gasteiger charge is -2.07. The molecular weight excluding hydrogens is 272 g/mol. The predicted molar refractivity (Wildman–Crippen MR) is 70.9 cm³/mol. The maximum atomic E-state index is 11.7. The lowest BCUT2D eigenvalue weighted by atomic mass is 10.2. The van der Waals surface area contributed by atoms with Gasteiger partial charge in [0.25, 0.3) is 5.91 Å². The monoisotopic (exact) mass is 286 g/mol. The van der Waals surface area contributed by atoms with E-state index in [1.54, 1.807) is 0 Å². The highest BCUT2D eigenvalue weighted by atomic mass is 35.5. The highest BCUT2D eigenvalue weighted by Gasteiger charge is 2.10. The molecule has 0 radical (unpaired) electrons. The SMILES string of the molecule is COCCNC(=O)CNC(=O)c1cnc(N)c(Cl)c1. The quantitative estimate of drug-likeness (QED) is 0.629. The number of methoxy groups -OCH3 is 1. The zero-order valence-corrected chi connectivity index (χ0v) is 11.2. The van der Waals surface area contributed by atoms with Gasteiger partial charge in [-0.15, -0.1) is 0 Å². The fraction of sp³-hybridized carbons (Fsp3) is 0.364. The molecule has 7 nitrogen and oxygen atoms in total. The van der Waals surface area contributed by atoms with Crippen molar-refractivity contribution in [3.05, 3.63) is 22.8 Å². The van der Waals surface area contributed by atoms with Crippen molar-refractivity contribution < 1.29 is 14.3 Å². The summed E-state index contributed by atoms with van der Waals surface area (Å²) in [6.07, 6.45) is 1.29. The Bertz CT molecular complexity index is 467. The van der Waals surface area contributed by atoms with Crippen molar-refractivity contribution in [1.29, 1.82) is 0 Å². The maximum absolute atomic E-state index is 11.7. The number of nitrogen functional groups attached to an aromatic ring is 1. The van der Waals surface area contributed by atoms with E-state index < -0.39 is 5.91 Å². The van der Waals surface area contributed by atoms with Gasteiger partial charge in [-0.05, 0) is 6.07 Å². The van der Waals surface area contributed by atoms with E-state index in [0.717, 1.165) is 0 Å². The van der Waals surface area contributed by atoms with E-state index in [-0.39, 0.29) is 28.9 Å². The number of ether oxygens (including phenoxy) is 1. The molecule has 0 atom stereocenters. The molecule has 0 aliphatic rings. The first-order valence-electron chi connectivity index (χ1n) is 5.49. The van der Waals surface area contributed by atoms with E-state index in [9.17, 15) is 9.59 Å². The lowest BCUT2D eigenvalue weighted by Crippen LogP contribution is -2.38. The number of rotatable bonds is 6. The molecule has 8 heteroatoms. The Morgan fingerprint density at radius 3 is 2.84 bits per heavy atom. The highest BCUT2D eigenvalue weighted by molar-refractivity contribution is 6.33. The number of nitrogens with zero attached hydrogens (tertiary/aromatic N) is 1. The topological polar surface area (TPSA) is 106 Å². The highest BCUT2D eigenvalue weighted by Crippen LogP contribution is 2.16. The Balaban J connectivity index is 2.42. The van der Waals surface area contributed by atoms with Crippen LogP contribution in [0.1, 0.15) is 10.4 Å². The van der Waals surface area contributed by atoms with Gasteiger partial charge < -0.3 is 21.1 Å². The Hall–Kier alpha value is -1.86. The number of amides is 2. The van der Waals surface area contributed by atoms with Crippen LogP contribution in [0.2, 0.25) is 5.02 Å². The molecule has 0 spiro atoms. The van der Waals surface area contributed by atoms with Crippen LogP contribution in [-0.2, 0) is 9.53 Å². The van der Waals surface area contributed by atoms with Crippen molar-refractivity contribution in [1.82, 2.24) is 15.6 Å². The summed E-state index contributed by atoms with van der Waals surface area (Å²) in [7, 11) is 1.53. The van der Waals surface area contributed by atoms with Crippen LogP contribution < -0.4 is 16.4 Å². The Morgan fingerprint density at radius 1 is 1.47 bits per heavy atom. The fourth-order valence-corrected chi connectivity index (χ4v) is 1.36. The zero-order chi connectivity index (χ0) is 14.3. The average Bonchev–Trinajstić information content (AvgIpc) is 2.39. The third-order valence-corrected chi connectivity index (χ3v) is 2.47. The van der Waals surface area contributed by atoms with E-state index >= 15 is 0 Å². The van der Waals surface area contributed by atoms with Gasteiger partial charge in [0.2, 0.25) is 5.91 Å². The Labute approximate surface area is 115 Å². The van der Waals surface area contributed by atoms with Gasteiger partial charge in [-0.25, -0.2) is 4.98 Å². The average molecular weight is 287 g/mol. The summed E-state index contributed by atoms with van der Waals surface area (Å²) in [4.78, 5) is 26.8. The van der Waals surface area contributed by atoms with E-state index in [4.69, 9.17) is 22.1 Å². The van der Waals surface area contributed by atoms with Crippen LogP contribution in [0.15, 0.2) is 12.3 Å². The summed E-state index contributed by atoms with van der Waals surface area (Å²) in [6.45, 7) is 0.669. The van der Waals surface area contributed by atoms with Crippen molar-refractivity contribution in [3.63, 3.8) is 0 Å². The van der Waals surface area contributed by atoms with Crippen LogP contribution in [0, 0.1) is 0 Å². The standard InChI is InChI=1S/C11H15ClN4O3/c1-19-3-2-14-9(17)6-16-11(18)7-4-8(12)10(13)15-5-7/h4-5H,2-3,6H2,1H3,(H2,13,15)(H,14,17)(H,16,18). The van der Waals surface area contributed by atoms with Gasteiger partial charge in [0.1, 0.15) is 5.82 Å². The van der Waals surface area contributed by atoms with Crippen LogP contribution in [0.25, 0.3) is 0 Å². The fourth-order valence-electron chi connectivity index (χ4n) is 1.19. The Morgan fingerprint density at radius 2 is 2.21 bits per heavy atom. The summed E-state index contributed by atoms with van der Waals surface area (Å²) in [6, 6.07) is 1.39. The number of anilines is 1. The van der Waals surface area contributed by atoms with Crippen LogP contribution in [-0.4, -0.2) is 43.6 Å². The van der Waals surface area contributed by atoms with Crippen molar-refractivity contribution >= 4 is 29.2 Å². The van der Waals surface area contributed by atoms with Crippen LogP contribution in [0.3, 0.4) is 0 Å². The second kappa shape index (κ2) is 7.55. The number of carbonyl (C=O) groups is 2. The van der Waals surface area contributed by atoms with Crippen LogP contribution in [0.5, 0.6) is 0 Å². The number of nitrogens with one attached hydrogen (secondary N) is 2. The molecule has 1 aromatic heterocycles. The number of aromatic nitrogens is 1. The molecule has 0 aromatic carbocycles. The molecule has 1 heterocycles. The molecule has 0 aliphatic carbocycles. The predicted octanol–water partition coefficient (Wildman–Crippen LogP) is -0.190. The van der Waals surface area contributed by atoms with E-state index in [0.29, 0.717) is 13.2 Å². The minimum atomic E-state index is -0.448. The summed E-state index contributed by atoms with van der Waals surface area (Å²) in [5, 5.41) is 5.20. The van der Waals surface area contributed by atoms with Crippen LogP contribution in [0.4, 0.5) is 5.82 Å². The number of hydrogen-bond acceptors (Lipinski definition) is 5. The third-order valence-electron chi connectivity index (χ3n) is 2.17. The van der Waals surface area contributed by atoms with E-state index in [1.165, 1.54) is 19.4 Å². The Kier molecular flexibility index (Phi) is 6.04. The molecule has 2 amide bonds. The van der Waals surface area contributed by atoms with Crippen LogP contribution >= 0.6 is 11.6 Å². The molecule has 0 fully saturated rings. The zero-order valence-electron chi connectivity index (χ0n) is 10.4. The van der Waals surface area contributed by atoms with Gasteiger partial charge in [-0.3, -0.25) is 9.59 Å². The number of halogens is 1. The minimum Gasteiger partial charge on any atom is -0.383 e. The van der Waals surface area contributed by atoms with E-state index in [1.807, 2.05) is 0 Å². The van der Waals surface area contributed by atoms with Gasteiger partial charge in [0.15, 0.2) is 0 Å². The van der Waals surface area contributed by atoms with Gasteiger partial charge in [0, 0.05) is 19.9 Å². The van der Waals surface area contributed by atoms with E-state index in [2.05, 4.69) is 15.6 Å². The molecule has 19 heavy (non-hydrogen) atoms. The summed E-state index contributed by atoms with van der Waals surface area (Å²) < 4.78 is 4.77. The van der Waals surface area contributed by atoms with Crippen molar-refractivity contribution in [3.8, 4) is 0 Å². The molecule has 0 bridgehead atoms. The van der Waals surface area contributed by atoms with Gasteiger partial charge >= 0.3 is 0 Å². The molecule has 1 rings (SSSR count). The second-order valence-electron chi connectivity index (χ2n) is 3.62. The lowest BCUT2D eigenvalue weighted by molar-refractivity contribution is -0.120. The first-order valence-corrected chi connectivity index (χ1v) is 5.87. The van der Waals surface area contributed by atoms with Crippen molar-refractivity contribution in [2.24, 2.45) is 0 Å². The molecule has 0 saturated carbocycles. The molecular formula is C11H15ClN4O3. The largest absolute Gasteiger partial charge is 0.383 e. The maximum Gasteiger partial charge on any atom is 0.253 e. The summed E-state index contributed by atoms with van der Waals surface area (Å²) in [5.74, 6) is -0.605. The first-order chi connectivity index (χ1) is 9.04. The molecule has 104 valence electrons. The molecule has 0 aliphatic heterocycles. The number of hydrogen-bond donors (Lipinski definition) is 3. The number of pyridine rings is 1. The van der Waals surface area contributed by atoms with Crippen molar-refractivity contribution in [2.75, 3.05) is 32.5 Å². The van der Waals surface area contributed by atoms with Gasteiger partial charge in [-0.1, -0.05) is 11.6 Å². The summed E-state index contributed by atoms with van der Waals surface area (Å²) in [5.41, 5.74) is 5.67. The number of carbonyl (C=O) groups excluding carboxylic acids is 2. The second-order valence-corrected chi connectivity index (χ2v) is 4.02. The molecule has 0 saturated heterocycles. The van der Waals surface area contributed by atoms with Gasteiger partial charge in [-0.2, -0.15) is 0 Å². The minimum absolute atomic E-state index is 0.134. The molecule has 0 unspecified atom stereocenters. The smallest absolute Gasteiger partial charge is 0.253 e. The van der Waals surface area contributed by atoms with Crippen molar-refractivity contribution in [2.45, 2.75) is 0 Å². The van der Waals surface area contributed by atoms with Gasteiger partial charge in [0.05, 0.1) is 23.7 Å². The molecule has 1 aromatic rings. The number of nitrogens with two attached hydrogens (primary N) is 1. The summed E-state index contributed by atoms with van der Waals surface area (Å²) >= 11 is 5.74. The normalized spacial score (nSPS) is 10.0. The first kappa shape index (κ1) is 15.2.